The van der Waals surface area contributed by atoms with Gasteiger partial charge in [-0.3, -0.25) is 9.89 Å². The summed E-state index contributed by atoms with van der Waals surface area (Å²) in [6.07, 6.45) is 1.89. The van der Waals surface area contributed by atoms with Gasteiger partial charge in [0.25, 0.3) is 0 Å². The molecule has 1 aromatic carbocycles. The molecule has 142 valence electrons. The molecular formula is C17H27Cl2IN4O. The normalized spacial score (nSPS) is 15.6. The van der Waals surface area contributed by atoms with Gasteiger partial charge in [-0.05, 0) is 30.5 Å². The molecule has 0 radical (unpaired) electrons. The Kier molecular flexibility index (Phi) is 11.8. The molecule has 1 saturated heterocycles. The number of ether oxygens (including phenoxy) is 1. The van der Waals surface area contributed by atoms with Gasteiger partial charge in [0, 0.05) is 49.8 Å². The molecule has 0 spiro atoms. The van der Waals surface area contributed by atoms with Crippen LogP contribution in [0.5, 0.6) is 0 Å². The second-order valence-corrected chi connectivity index (χ2v) is 6.56. The minimum atomic E-state index is 0. The van der Waals surface area contributed by atoms with E-state index in [1.807, 2.05) is 12.1 Å². The summed E-state index contributed by atoms with van der Waals surface area (Å²) in [5.74, 6) is 0.838. The Labute approximate surface area is 177 Å². The first kappa shape index (κ1) is 22.8. The first-order valence-electron chi connectivity index (χ1n) is 8.37. The van der Waals surface area contributed by atoms with E-state index in [1.165, 1.54) is 0 Å². The molecule has 0 saturated carbocycles. The molecule has 1 fully saturated rings. The topological polar surface area (TPSA) is 48.9 Å². The van der Waals surface area contributed by atoms with Crippen LogP contribution >= 0.6 is 47.2 Å². The lowest BCUT2D eigenvalue weighted by atomic mass is 10.1. The number of morpholine rings is 1. The van der Waals surface area contributed by atoms with E-state index in [4.69, 9.17) is 27.9 Å². The van der Waals surface area contributed by atoms with Gasteiger partial charge in [0.1, 0.15) is 0 Å². The van der Waals surface area contributed by atoms with Gasteiger partial charge in [-0.15, -0.1) is 24.0 Å². The van der Waals surface area contributed by atoms with Gasteiger partial charge in [-0.1, -0.05) is 29.3 Å². The van der Waals surface area contributed by atoms with Crippen LogP contribution in [0.2, 0.25) is 10.0 Å². The molecular weight excluding hydrogens is 474 g/mol. The van der Waals surface area contributed by atoms with Crippen molar-refractivity contribution < 1.29 is 4.74 Å². The monoisotopic (exact) mass is 500 g/mol. The van der Waals surface area contributed by atoms with Crippen molar-refractivity contribution >= 4 is 53.1 Å². The average Bonchev–Trinajstić information content (AvgIpc) is 2.59. The maximum Gasteiger partial charge on any atom is 0.191 e. The van der Waals surface area contributed by atoms with E-state index in [1.54, 1.807) is 13.1 Å². The molecule has 1 aliphatic heterocycles. The number of rotatable bonds is 7. The Morgan fingerprint density at radius 3 is 2.60 bits per heavy atom. The third-order valence-corrected chi connectivity index (χ3v) is 4.57. The van der Waals surface area contributed by atoms with Gasteiger partial charge >= 0.3 is 0 Å². The molecule has 0 aliphatic carbocycles. The number of benzene rings is 1. The third-order valence-electron chi connectivity index (χ3n) is 3.98. The molecule has 0 amide bonds. The summed E-state index contributed by atoms with van der Waals surface area (Å²) in [4.78, 5) is 6.65. The fraction of sp³-hybridized carbons (Fsp3) is 0.588. The van der Waals surface area contributed by atoms with Gasteiger partial charge in [-0.2, -0.15) is 0 Å². The minimum absolute atomic E-state index is 0. The van der Waals surface area contributed by atoms with E-state index >= 15 is 0 Å². The highest BCUT2D eigenvalue weighted by Crippen LogP contribution is 2.21. The fourth-order valence-corrected chi connectivity index (χ4v) is 3.09. The number of aliphatic imine (C=N–C) groups is 1. The number of halogens is 3. The molecule has 1 aromatic rings. The lowest BCUT2D eigenvalue weighted by Crippen LogP contribution is -2.44. The zero-order valence-electron chi connectivity index (χ0n) is 14.6. The van der Waals surface area contributed by atoms with Crippen molar-refractivity contribution in [2.45, 2.75) is 12.8 Å². The maximum atomic E-state index is 6.19. The smallest absolute Gasteiger partial charge is 0.191 e. The Hall–Kier alpha value is -0.280. The summed E-state index contributed by atoms with van der Waals surface area (Å²) in [6, 6.07) is 5.65. The summed E-state index contributed by atoms with van der Waals surface area (Å²) in [6.45, 7) is 6.41. The molecule has 1 heterocycles. The van der Waals surface area contributed by atoms with Crippen molar-refractivity contribution in [3.8, 4) is 0 Å². The van der Waals surface area contributed by atoms with Gasteiger partial charge < -0.3 is 15.4 Å². The van der Waals surface area contributed by atoms with E-state index in [-0.39, 0.29) is 24.0 Å². The number of nitrogens with one attached hydrogen (secondary N) is 2. The molecule has 8 heteroatoms. The van der Waals surface area contributed by atoms with Crippen LogP contribution in [-0.2, 0) is 11.2 Å². The van der Waals surface area contributed by atoms with Crippen LogP contribution in [0.25, 0.3) is 0 Å². The Morgan fingerprint density at radius 2 is 1.92 bits per heavy atom. The first-order valence-corrected chi connectivity index (χ1v) is 9.13. The van der Waals surface area contributed by atoms with Crippen molar-refractivity contribution in [2.75, 3.05) is 53.0 Å². The number of nitrogens with zero attached hydrogens (tertiary/aromatic N) is 2. The summed E-state index contributed by atoms with van der Waals surface area (Å²) in [5, 5.41) is 8.09. The highest BCUT2D eigenvalue weighted by atomic mass is 127. The van der Waals surface area contributed by atoms with E-state index in [2.05, 4.69) is 20.5 Å². The molecule has 0 aromatic heterocycles. The van der Waals surface area contributed by atoms with E-state index < -0.39 is 0 Å². The van der Waals surface area contributed by atoms with Crippen molar-refractivity contribution in [3.63, 3.8) is 0 Å². The second kappa shape index (κ2) is 13.0. The summed E-state index contributed by atoms with van der Waals surface area (Å²) >= 11 is 12.1. The summed E-state index contributed by atoms with van der Waals surface area (Å²) in [7, 11) is 1.79. The summed E-state index contributed by atoms with van der Waals surface area (Å²) in [5.41, 5.74) is 1.12. The third kappa shape index (κ3) is 8.77. The molecule has 5 nitrogen and oxygen atoms in total. The standard InChI is InChI=1S/C17H26Cl2N4O.HI/c1-20-17(22-7-8-23-9-11-24-12-10-23)21-6-2-3-14-4-5-15(18)13-16(14)19;/h4-5,13H,2-3,6-12H2,1H3,(H2,20,21,22);1H. The van der Waals surface area contributed by atoms with E-state index in [9.17, 15) is 0 Å². The zero-order chi connectivity index (χ0) is 17.2. The highest BCUT2D eigenvalue weighted by Gasteiger charge is 2.09. The lowest BCUT2D eigenvalue weighted by Gasteiger charge is -2.26. The molecule has 0 unspecified atom stereocenters. The van der Waals surface area contributed by atoms with E-state index in [0.29, 0.717) is 5.02 Å². The largest absolute Gasteiger partial charge is 0.379 e. The number of aryl methyl sites for hydroxylation is 1. The number of hydrogen-bond donors (Lipinski definition) is 2. The average molecular weight is 501 g/mol. The summed E-state index contributed by atoms with van der Waals surface area (Å²) < 4.78 is 5.35. The highest BCUT2D eigenvalue weighted by molar-refractivity contribution is 14.0. The van der Waals surface area contributed by atoms with Crippen LogP contribution in [0.4, 0.5) is 0 Å². The van der Waals surface area contributed by atoms with Crippen LogP contribution in [0.15, 0.2) is 23.2 Å². The Morgan fingerprint density at radius 1 is 1.20 bits per heavy atom. The predicted molar refractivity (Wildman–Crippen MR) is 117 cm³/mol. The van der Waals surface area contributed by atoms with Gasteiger partial charge in [0.05, 0.1) is 13.2 Å². The molecule has 2 N–H and O–H groups in total. The molecule has 2 rings (SSSR count). The number of hydrogen-bond acceptors (Lipinski definition) is 3. The number of guanidine groups is 1. The van der Waals surface area contributed by atoms with Crippen LogP contribution in [0, 0.1) is 0 Å². The SMILES string of the molecule is CN=C(NCCCc1ccc(Cl)cc1Cl)NCCN1CCOCC1.I. The molecule has 25 heavy (non-hydrogen) atoms. The van der Waals surface area contributed by atoms with Crippen LogP contribution < -0.4 is 10.6 Å². The van der Waals surface area contributed by atoms with Crippen molar-refractivity contribution in [1.29, 1.82) is 0 Å². The van der Waals surface area contributed by atoms with Crippen LogP contribution in [0.1, 0.15) is 12.0 Å². The predicted octanol–water partition coefficient (Wildman–Crippen LogP) is 3.04. The lowest BCUT2D eigenvalue weighted by molar-refractivity contribution is 0.0389. The Balaban J connectivity index is 0.00000312. The maximum absolute atomic E-state index is 6.19. The van der Waals surface area contributed by atoms with E-state index in [0.717, 1.165) is 75.3 Å². The first-order chi connectivity index (χ1) is 11.7. The van der Waals surface area contributed by atoms with Gasteiger partial charge in [0.15, 0.2) is 5.96 Å². The molecule has 0 bridgehead atoms. The zero-order valence-corrected chi connectivity index (χ0v) is 18.4. The molecule has 0 atom stereocenters. The fourth-order valence-electron chi connectivity index (χ4n) is 2.59. The van der Waals surface area contributed by atoms with Crippen molar-refractivity contribution in [1.82, 2.24) is 15.5 Å². The van der Waals surface area contributed by atoms with Gasteiger partial charge in [0.2, 0.25) is 0 Å². The van der Waals surface area contributed by atoms with Gasteiger partial charge in [-0.25, -0.2) is 0 Å². The minimum Gasteiger partial charge on any atom is -0.379 e. The van der Waals surface area contributed by atoms with Crippen molar-refractivity contribution in [3.05, 3.63) is 33.8 Å². The molecule has 1 aliphatic rings. The Bertz CT molecular complexity index is 539. The van der Waals surface area contributed by atoms with Crippen molar-refractivity contribution in [2.24, 2.45) is 4.99 Å². The second-order valence-electron chi connectivity index (χ2n) is 5.72. The van der Waals surface area contributed by atoms with Crippen LogP contribution in [0.3, 0.4) is 0 Å². The van der Waals surface area contributed by atoms with Crippen LogP contribution in [-0.4, -0.2) is 63.8 Å². The quantitative estimate of drug-likeness (QED) is 0.261.